The smallest absolute Gasteiger partial charge is 0.244 e. The number of nitrogens with two attached hydrogens (primary N) is 1. The van der Waals surface area contributed by atoms with Crippen LogP contribution in [0.4, 0.5) is 5.69 Å². The van der Waals surface area contributed by atoms with Crippen LogP contribution in [0.5, 0.6) is 0 Å². The van der Waals surface area contributed by atoms with Gasteiger partial charge >= 0.3 is 0 Å². The van der Waals surface area contributed by atoms with Crippen molar-refractivity contribution in [1.29, 1.82) is 5.26 Å². The Morgan fingerprint density at radius 1 is 1.60 bits per heavy atom. The van der Waals surface area contributed by atoms with Crippen LogP contribution in [-0.4, -0.2) is 11.4 Å². The van der Waals surface area contributed by atoms with Crippen LogP contribution in [0.25, 0.3) is 0 Å². The molecule has 0 bridgehead atoms. The summed E-state index contributed by atoms with van der Waals surface area (Å²) in [4.78, 5) is 12.4. The molecular formula is C15H18ClN3O. The zero-order valence-corrected chi connectivity index (χ0v) is 12.2. The Morgan fingerprint density at radius 2 is 2.35 bits per heavy atom. The van der Waals surface area contributed by atoms with Gasteiger partial charge in [-0.15, -0.1) is 0 Å². The largest absolute Gasteiger partial charge is 0.324 e. The fraction of sp³-hybridized carbons (Fsp3) is 0.467. The Morgan fingerprint density at radius 3 is 2.95 bits per heavy atom. The van der Waals surface area contributed by atoms with Gasteiger partial charge < -0.3 is 11.1 Å². The second kappa shape index (κ2) is 5.82. The summed E-state index contributed by atoms with van der Waals surface area (Å²) in [7, 11) is 0. The van der Waals surface area contributed by atoms with Crippen molar-refractivity contribution in [3.05, 3.63) is 28.8 Å². The van der Waals surface area contributed by atoms with E-state index in [-0.39, 0.29) is 5.91 Å². The van der Waals surface area contributed by atoms with Crippen molar-refractivity contribution in [2.45, 2.75) is 38.1 Å². The fourth-order valence-electron chi connectivity index (χ4n) is 2.74. The topological polar surface area (TPSA) is 78.9 Å². The molecule has 2 atom stereocenters. The summed E-state index contributed by atoms with van der Waals surface area (Å²) in [5.41, 5.74) is 6.39. The predicted molar refractivity (Wildman–Crippen MR) is 79.3 cm³/mol. The van der Waals surface area contributed by atoms with E-state index in [4.69, 9.17) is 22.6 Å². The average molecular weight is 292 g/mol. The molecule has 1 amide bonds. The number of amides is 1. The average Bonchev–Trinajstić information content (AvgIpc) is 2.38. The van der Waals surface area contributed by atoms with Crippen LogP contribution in [0, 0.1) is 17.2 Å². The molecule has 106 valence electrons. The zero-order valence-electron chi connectivity index (χ0n) is 11.4. The highest BCUT2D eigenvalue weighted by atomic mass is 35.5. The Hall–Kier alpha value is -1.57. The molecular weight excluding hydrogens is 274 g/mol. The number of hydrogen-bond acceptors (Lipinski definition) is 3. The lowest BCUT2D eigenvalue weighted by Crippen LogP contribution is -2.53. The van der Waals surface area contributed by atoms with Gasteiger partial charge in [-0.25, -0.2) is 0 Å². The first-order valence-electron chi connectivity index (χ1n) is 6.74. The Kier molecular flexibility index (Phi) is 4.32. The normalized spacial score (nSPS) is 25.8. The summed E-state index contributed by atoms with van der Waals surface area (Å²) >= 11 is 5.95. The van der Waals surface area contributed by atoms with Crippen LogP contribution in [0.3, 0.4) is 0 Å². The third-order valence-corrected chi connectivity index (χ3v) is 4.14. The summed E-state index contributed by atoms with van der Waals surface area (Å²) in [5, 5.41) is 12.0. The molecule has 2 rings (SSSR count). The molecule has 4 nitrogen and oxygen atoms in total. The maximum Gasteiger partial charge on any atom is 0.244 e. The number of hydrogen-bond donors (Lipinski definition) is 2. The zero-order chi connectivity index (χ0) is 14.8. The molecule has 1 fully saturated rings. The van der Waals surface area contributed by atoms with Crippen molar-refractivity contribution in [2.24, 2.45) is 11.7 Å². The van der Waals surface area contributed by atoms with Crippen molar-refractivity contribution in [2.75, 3.05) is 5.32 Å². The lowest BCUT2D eigenvalue weighted by atomic mass is 9.76. The van der Waals surface area contributed by atoms with Crippen molar-refractivity contribution in [3.63, 3.8) is 0 Å². The van der Waals surface area contributed by atoms with Gasteiger partial charge in [0.1, 0.15) is 6.07 Å². The Labute approximate surface area is 123 Å². The summed E-state index contributed by atoms with van der Waals surface area (Å²) in [6.45, 7) is 2.12. The lowest BCUT2D eigenvalue weighted by molar-refractivity contribution is -0.122. The summed E-state index contributed by atoms with van der Waals surface area (Å²) in [5.74, 6) is 0.286. The molecule has 0 heterocycles. The molecule has 0 aliphatic heterocycles. The minimum atomic E-state index is -0.807. The SMILES string of the molecule is CC1CCCC(N)(C(=O)Nc2ccc(C#N)c(Cl)c2)C1. The molecule has 2 unspecified atom stereocenters. The van der Waals surface area contributed by atoms with Gasteiger partial charge in [0, 0.05) is 5.69 Å². The second-order valence-electron chi connectivity index (χ2n) is 5.62. The van der Waals surface area contributed by atoms with Crippen LogP contribution in [0.15, 0.2) is 18.2 Å². The number of nitriles is 1. The summed E-state index contributed by atoms with van der Waals surface area (Å²) < 4.78 is 0. The molecule has 1 aliphatic carbocycles. The highest BCUT2D eigenvalue weighted by Gasteiger charge is 2.37. The molecule has 1 saturated carbocycles. The molecule has 0 aromatic heterocycles. The Balaban J connectivity index is 2.11. The number of carbonyl (C=O) groups excluding carboxylic acids is 1. The number of halogens is 1. The first-order valence-corrected chi connectivity index (χ1v) is 7.12. The third-order valence-electron chi connectivity index (χ3n) is 3.83. The third kappa shape index (κ3) is 3.12. The highest BCUT2D eigenvalue weighted by Crippen LogP contribution is 2.31. The number of nitrogens with one attached hydrogen (secondary N) is 1. The van der Waals surface area contributed by atoms with Gasteiger partial charge in [0.15, 0.2) is 0 Å². The van der Waals surface area contributed by atoms with Crippen LogP contribution in [0.2, 0.25) is 5.02 Å². The monoisotopic (exact) mass is 291 g/mol. The summed E-state index contributed by atoms with van der Waals surface area (Å²) in [6.07, 6.45) is 3.49. The first kappa shape index (κ1) is 14.8. The molecule has 1 aromatic rings. The molecule has 5 heteroatoms. The number of benzene rings is 1. The number of rotatable bonds is 2. The number of carbonyl (C=O) groups is 1. The van der Waals surface area contributed by atoms with Gasteiger partial charge in [0.25, 0.3) is 0 Å². The van der Waals surface area contributed by atoms with E-state index in [1.54, 1.807) is 18.2 Å². The van der Waals surface area contributed by atoms with E-state index in [0.29, 0.717) is 35.0 Å². The van der Waals surface area contributed by atoms with Crippen LogP contribution in [-0.2, 0) is 4.79 Å². The molecule has 3 N–H and O–H groups in total. The van der Waals surface area contributed by atoms with Crippen LogP contribution < -0.4 is 11.1 Å². The van der Waals surface area contributed by atoms with Crippen molar-refractivity contribution in [1.82, 2.24) is 0 Å². The van der Waals surface area contributed by atoms with E-state index in [0.717, 1.165) is 12.8 Å². The standard InChI is InChI=1S/C15H18ClN3O/c1-10-3-2-6-15(18,8-10)14(20)19-12-5-4-11(9-17)13(16)7-12/h4-5,7,10H,2-3,6,8,18H2,1H3,(H,19,20). The van der Waals surface area contributed by atoms with Crippen molar-refractivity contribution >= 4 is 23.2 Å². The maximum absolute atomic E-state index is 12.4. The number of anilines is 1. The summed E-state index contributed by atoms with van der Waals surface area (Å²) in [6, 6.07) is 6.81. The van der Waals surface area contributed by atoms with E-state index in [1.807, 2.05) is 6.07 Å². The lowest BCUT2D eigenvalue weighted by Gasteiger charge is -2.35. The van der Waals surface area contributed by atoms with Gasteiger partial charge in [-0.1, -0.05) is 31.4 Å². The van der Waals surface area contributed by atoms with Gasteiger partial charge in [-0.05, 0) is 37.0 Å². The van der Waals surface area contributed by atoms with Gasteiger partial charge in [-0.3, -0.25) is 4.79 Å². The predicted octanol–water partition coefficient (Wildman–Crippen LogP) is 3.06. The van der Waals surface area contributed by atoms with E-state index >= 15 is 0 Å². The fourth-order valence-corrected chi connectivity index (χ4v) is 2.96. The minimum Gasteiger partial charge on any atom is -0.324 e. The highest BCUT2D eigenvalue weighted by molar-refractivity contribution is 6.32. The van der Waals surface area contributed by atoms with E-state index in [2.05, 4.69) is 12.2 Å². The first-order chi connectivity index (χ1) is 9.44. The number of nitrogens with zero attached hydrogens (tertiary/aromatic N) is 1. The molecule has 20 heavy (non-hydrogen) atoms. The van der Waals surface area contributed by atoms with Crippen molar-refractivity contribution in [3.8, 4) is 6.07 Å². The van der Waals surface area contributed by atoms with Gasteiger partial charge in [0.05, 0.1) is 16.1 Å². The molecule has 0 spiro atoms. The van der Waals surface area contributed by atoms with Gasteiger partial charge in [0.2, 0.25) is 5.91 Å². The second-order valence-corrected chi connectivity index (χ2v) is 6.03. The van der Waals surface area contributed by atoms with E-state index < -0.39 is 5.54 Å². The quantitative estimate of drug-likeness (QED) is 0.879. The molecule has 1 aromatic carbocycles. The molecule has 0 radical (unpaired) electrons. The minimum absolute atomic E-state index is 0.176. The van der Waals surface area contributed by atoms with E-state index in [9.17, 15) is 4.79 Å². The van der Waals surface area contributed by atoms with E-state index in [1.165, 1.54) is 0 Å². The van der Waals surface area contributed by atoms with Crippen LogP contribution in [0.1, 0.15) is 38.2 Å². The maximum atomic E-state index is 12.4. The van der Waals surface area contributed by atoms with Gasteiger partial charge in [-0.2, -0.15) is 5.26 Å². The molecule has 1 aliphatic rings. The molecule has 0 saturated heterocycles. The Bertz CT molecular complexity index is 567. The van der Waals surface area contributed by atoms with Crippen molar-refractivity contribution < 1.29 is 4.79 Å². The van der Waals surface area contributed by atoms with Crippen LogP contribution >= 0.6 is 11.6 Å².